The Morgan fingerprint density at radius 2 is 1.74 bits per heavy atom. The SMILES string of the molecule is COC(=O)C1=C(CN2CCN(c3ccc(F)cc3)CC2)NC(=O)NC1c1ccccc1. The Morgan fingerprint density at radius 1 is 1.06 bits per heavy atom. The number of esters is 1. The van der Waals surface area contributed by atoms with Crippen LogP contribution in [0.3, 0.4) is 0 Å². The molecule has 0 radical (unpaired) electrons. The second kappa shape index (κ2) is 9.18. The molecule has 1 saturated heterocycles. The Bertz CT molecular complexity index is 970. The molecule has 0 saturated carbocycles. The highest BCUT2D eigenvalue weighted by atomic mass is 19.1. The molecule has 2 aliphatic rings. The molecule has 2 aliphatic heterocycles. The molecule has 162 valence electrons. The van der Waals surface area contributed by atoms with Gasteiger partial charge in [-0.05, 0) is 29.8 Å². The quantitative estimate of drug-likeness (QED) is 0.722. The van der Waals surface area contributed by atoms with Crippen LogP contribution in [0.15, 0.2) is 65.9 Å². The lowest BCUT2D eigenvalue weighted by molar-refractivity contribution is -0.136. The molecule has 1 fully saturated rings. The van der Waals surface area contributed by atoms with E-state index < -0.39 is 12.0 Å². The number of halogens is 1. The van der Waals surface area contributed by atoms with Gasteiger partial charge in [-0.25, -0.2) is 14.0 Å². The number of methoxy groups -OCH3 is 1. The molecule has 0 bridgehead atoms. The average Bonchev–Trinajstić information content (AvgIpc) is 2.80. The Morgan fingerprint density at radius 3 is 2.39 bits per heavy atom. The standard InChI is InChI=1S/C23H25FN4O3/c1-31-22(29)20-19(25-23(30)26-21(20)16-5-3-2-4-6-16)15-27-11-13-28(14-12-27)18-9-7-17(24)8-10-18/h2-10,21H,11-15H2,1H3,(H2,25,26,30). The number of rotatable bonds is 5. The van der Waals surface area contributed by atoms with Gasteiger partial charge in [0.2, 0.25) is 0 Å². The van der Waals surface area contributed by atoms with E-state index in [0.29, 0.717) is 17.8 Å². The monoisotopic (exact) mass is 424 g/mol. The van der Waals surface area contributed by atoms with Crippen LogP contribution in [0, 0.1) is 5.82 Å². The summed E-state index contributed by atoms with van der Waals surface area (Å²) in [6.07, 6.45) is 0. The zero-order chi connectivity index (χ0) is 21.8. The van der Waals surface area contributed by atoms with E-state index in [1.54, 1.807) is 12.1 Å². The van der Waals surface area contributed by atoms with Crippen molar-refractivity contribution < 1.29 is 18.7 Å². The first-order valence-electron chi connectivity index (χ1n) is 10.2. The van der Waals surface area contributed by atoms with Crippen LogP contribution < -0.4 is 15.5 Å². The van der Waals surface area contributed by atoms with Gasteiger partial charge in [0.05, 0.1) is 18.7 Å². The van der Waals surface area contributed by atoms with E-state index in [4.69, 9.17) is 4.74 Å². The van der Waals surface area contributed by atoms with Gasteiger partial charge < -0.3 is 20.3 Å². The Balaban J connectivity index is 1.52. The summed E-state index contributed by atoms with van der Waals surface area (Å²) in [6.45, 7) is 3.45. The van der Waals surface area contributed by atoms with Gasteiger partial charge in [0.1, 0.15) is 5.82 Å². The van der Waals surface area contributed by atoms with Gasteiger partial charge in [-0.3, -0.25) is 4.90 Å². The molecule has 1 unspecified atom stereocenters. The van der Waals surface area contributed by atoms with E-state index in [1.807, 2.05) is 30.3 Å². The van der Waals surface area contributed by atoms with Gasteiger partial charge in [-0.2, -0.15) is 0 Å². The van der Waals surface area contributed by atoms with E-state index in [0.717, 1.165) is 37.4 Å². The van der Waals surface area contributed by atoms with Crippen molar-refractivity contribution >= 4 is 17.7 Å². The molecule has 2 heterocycles. The number of nitrogens with zero attached hydrogens (tertiary/aromatic N) is 2. The van der Waals surface area contributed by atoms with E-state index in [-0.39, 0.29) is 11.8 Å². The van der Waals surface area contributed by atoms with Crippen molar-refractivity contribution in [3.63, 3.8) is 0 Å². The van der Waals surface area contributed by atoms with E-state index in [2.05, 4.69) is 20.4 Å². The predicted molar refractivity (Wildman–Crippen MR) is 115 cm³/mol. The van der Waals surface area contributed by atoms with Crippen molar-refractivity contribution in [2.45, 2.75) is 6.04 Å². The molecule has 8 heteroatoms. The second-order valence-corrected chi connectivity index (χ2v) is 7.57. The van der Waals surface area contributed by atoms with Crippen molar-refractivity contribution in [2.75, 3.05) is 44.7 Å². The van der Waals surface area contributed by atoms with Crippen LogP contribution in [-0.2, 0) is 9.53 Å². The topological polar surface area (TPSA) is 73.9 Å². The lowest BCUT2D eigenvalue weighted by atomic mass is 9.95. The number of hydrogen-bond donors (Lipinski definition) is 2. The summed E-state index contributed by atoms with van der Waals surface area (Å²) < 4.78 is 18.2. The molecular formula is C23H25FN4O3. The molecule has 2 aromatic carbocycles. The van der Waals surface area contributed by atoms with Gasteiger partial charge in [0, 0.05) is 44.1 Å². The first kappa shape index (κ1) is 20.9. The molecule has 7 nitrogen and oxygen atoms in total. The molecule has 2 N–H and O–H groups in total. The minimum Gasteiger partial charge on any atom is -0.466 e. The smallest absolute Gasteiger partial charge is 0.338 e. The zero-order valence-corrected chi connectivity index (χ0v) is 17.3. The lowest BCUT2D eigenvalue weighted by Crippen LogP contribution is -2.51. The fourth-order valence-electron chi connectivity index (χ4n) is 4.03. The third-order valence-electron chi connectivity index (χ3n) is 5.64. The number of benzene rings is 2. The van der Waals surface area contributed by atoms with Crippen molar-refractivity contribution in [1.82, 2.24) is 15.5 Å². The van der Waals surface area contributed by atoms with Crippen LogP contribution >= 0.6 is 0 Å². The minimum atomic E-state index is -0.571. The number of nitrogens with one attached hydrogen (secondary N) is 2. The fraction of sp³-hybridized carbons (Fsp3) is 0.304. The number of carbonyl (C=O) groups excluding carboxylic acids is 2. The summed E-state index contributed by atoms with van der Waals surface area (Å²) in [5.41, 5.74) is 2.76. The van der Waals surface area contributed by atoms with Crippen LogP contribution in [-0.4, -0.2) is 56.7 Å². The molecule has 0 aliphatic carbocycles. The minimum absolute atomic E-state index is 0.251. The third-order valence-corrected chi connectivity index (χ3v) is 5.64. The molecule has 0 spiro atoms. The lowest BCUT2D eigenvalue weighted by Gasteiger charge is -2.38. The van der Waals surface area contributed by atoms with Crippen molar-refractivity contribution in [3.05, 3.63) is 77.2 Å². The maximum absolute atomic E-state index is 13.2. The number of carbonyl (C=O) groups is 2. The molecule has 4 rings (SSSR count). The maximum atomic E-state index is 13.2. The summed E-state index contributed by atoms with van der Waals surface area (Å²) in [7, 11) is 1.34. The van der Waals surface area contributed by atoms with E-state index >= 15 is 0 Å². The van der Waals surface area contributed by atoms with Gasteiger partial charge in [-0.1, -0.05) is 30.3 Å². The van der Waals surface area contributed by atoms with Crippen LogP contribution in [0.1, 0.15) is 11.6 Å². The summed E-state index contributed by atoms with van der Waals surface area (Å²) >= 11 is 0. The first-order chi connectivity index (χ1) is 15.0. The van der Waals surface area contributed by atoms with Crippen molar-refractivity contribution in [1.29, 1.82) is 0 Å². The highest BCUT2D eigenvalue weighted by Gasteiger charge is 2.34. The van der Waals surface area contributed by atoms with Gasteiger partial charge in [0.15, 0.2) is 0 Å². The summed E-state index contributed by atoms with van der Waals surface area (Å²) in [4.78, 5) is 29.4. The van der Waals surface area contributed by atoms with Gasteiger partial charge in [0.25, 0.3) is 0 Å². The molecule has 0 aromatic heterocycles. The predicted octanol–water partition coefficient (Wildman–Crippen LogP) is 2.43. The Kier molecular flexibility index (Phi) is 6.18. The molecule has 2 amide bonds. The normalized spacial score (nSPS) is 19.6. The Labute approximate surface area is 180 Å². The molecule has 31 heavy (non-hydrogen) atoms. The number of amides is 2. The summed E-state index contributed by atoms with van der Waals surface area (Å²) in [5.74, 6) is -0.722. The number of ether oxygens (including phenoxy) is 1. The number of piperazine rings is 1. The van der Waals surface area contributed by atoms with E-state index in [9.17, 15) is 14.0 Å². The highest BCUT2D eigenvalue weighted by molar-refractivity contribution is 5.95. The fourth-order valence-corrected chi connectivity index (χ4v) is 4.03. The molecule has 2 aromatic rings. The van der Waals surface area contributed by atoms with Crippen LogP contribution in [0.25, 0.3) is 0 Å². The average molecular weight is 424 g/mol. The van der Waals surface area contributed by atoms with Gasteiger partial charge >= 0.3 is 12.0 Å². The maximum Gasteiger partial charge on any atom is 0.338 e. The zero-order valence-electron chi connectivity index (χ0n) is 17.3. The van der Waals surface area contributed by atoms with Crippen molar-refractivity contribution in [2.24, 2.45) is 0 Å². The summed E-state index contributed by atoms with van der Waals surface area (Å²) in [5, 5.41) is 5.64. The largest absolute Gasteiger partial charge is 0.466 e. The Hall–Kier alpha value is -3.39. The second-order valence-electron chi connectivity index (χ2n) is 7.57. The molecule has 1 atom stereocenters. The number of hydrogen-bond acceptors (Lipinski definition) is 5. The summed E-state index contributed by atoms with van der Waals surface area (Å²) in [6, 6.07) is 14.9. The van der Waals surface area contributed by atoms with Crippen LogP contribution in [0.4, 0.5) is 14.9 Å². The van der Waals surface area contributed by atoms with E-state index in [1.165, 1.54) is 19.2 Å². The van der Waals surface area contributed by atoms with Crippen molar-refractivity contribution in [3.8, 4) is 0 Å². The van der Waals surface area contributed by atoms with Crippen LogP contribution in [0.5, 0.6) is 0 Å². The highest BCUT2D eigenvalue weighted by Crippen LogP contribution is 2.28. The van der Waals surface area contributed by atoms with Crippen LogP contribution in [0.2, 0.25) is 0 Å². The first-order valence-corrected chi connectivity index (χ1v) is 10.2. The number of urea groups is 1. The molecular weight excluding hydrogens is 399 g/mol. The van der Waals surface area contributed by atoms with Gasteiger partial charge in [-0.15, -0.1) is 0 Å². The third kappa shape index (κ3) is 4.69. The number of anilines is 1.